The molecule has 1 N–H and O–H groups in total. The lowest BCUT2D eigenvalue weighted by Crippen LogP contribution is -2.42. The standard InChI is InChI=1S/C19H24N2O3/c1-12(2)21(13(3)4)18(22)16-9-7-6-8-15(16)14-10-17(19(23)24)20(5)11-14/h6-13H,1-5H3,(H,23,24). The molecule has 0 unspecified atom stereocenters. The van der Waals surface area contributed by atoms with Gasteiger partial charge >= 0.3 is 5.97 Å². The Morgan fingerprint density at radius 2 is 1.67 bits per heavy atom. The molecule has 0 atom stereocenters. The molecule has 0 radical (unpaired) electrons. The van der Waals surface area contributed by atoms with Gasteiger partial charge in [0.25, 0.3) is 5.91 Å². The van der Waals surface area contributed by atoms with Crippen LogP contribution in [0.2, 0.25) is 0 Å². The van der Waals surface area contributed by atoms with E-state index in [1.165, 1.54) is 0 Å². The highest BCUT2D eigenvalue weighted by Crippen LogP contribution is 2.27. The number of aromatic carboxylic acids is 1. The van der Waals surface area contributed by atoms with E-state index in [-0.39, 0.29) is 23.7 Å². The van der Waals surface area contributed by atoms with Crippen LogP contribution in [-0.4, -0.2) is 38.5 Å². The lowest BCUT2D eigenvalue weighted by molar-refractivity contribution is 0.0642. The van der Waals surface area contributed by atoms with Crippen molar-refractivity contribution in [3.63, 3.8) is 0 Å². The monoisotopic (exact) mass is 328 g/mol. The van der Waals surface area contributed by atoms with Crippen molar-refractivity contribution in [1.82, 2.24) is 9.47 Å². The number of rotatable bonds is 5. The maximum atomic E-state index is 13.1. The first-order valence-electron chi connectivity index (χ1n) is 8.05. The van der Waals surface area contributed by atoms with E-state index in [1.54, 1.807) is 29.9 Å². The van der Waals surface area contributed by atoms with Crippen molar-refractivity contribution in [1.29, 1.82) is 0 Å². The van der Waals surface area contributed by atoms with Crippen molar-refractivity contribution in [2.75, 3.05) is 0 Å². The summed E-state index contributed by atoms with van der Waals surface area (Å²) in [7, 11) is 1.69. The molecule has 1 aromatic heterocycles. The van der Waals surface area contributed by atoms with Crippen LogP contribution in [-0.2, 0) is 7.05 Å². The Kier molecular flexibility index (Phi) is 5.12. The van der Waals surface area contributed by atoms with E-state index in [4.69, 9.17) is 0 Å². The number of carbonyl (C=O) groups excluding carboxylic acids is 1. The Morgan fingerprint density at radius 1 is 1.08 bits per heavy atom. The minimum atomic E-state index is -0.987. The zero-order valence-electron chi connectivity index (χ0n) is 14.8. The van der Waals surface area contributed by atoms with Crippen LogP contribution in [0.4, 0.5) is 0 Å². The second-order valence-corrected chi connectivity index (χ2v) is 6.48. The molecule has 0 fully saturated rings. The van der Waals surface area contributed by atoms with E-state index >= 15 is 0 Å². The molecule has 0 spiro atoms. The van der Waals surface area contributed by atoms with Crippen molar-refractivity contribution in [3.05, 3.63) is 47.8 Å². The van der Waals surface area contributed by atoms with Crippen LogP contribution >= 0.6 is 0 Å². The molecule has 0 aliphatic carbocycles. The van der Waals surface area contributed by atoms with Crippen LogP contribution in [0.3, 0.4) is 0 Å². The molecule has 0 saturated heterocycles. The molecule has 1 heterocycles. The Labute approximate surface area is 142 Å². The summed E-state index contributed by atoms with van der Waals surface area (Å²) in [6, 6.07) is 9.09. The van der Waals surface area contributed by atoms with E-state index in [0.29, 0.717) is 5.56 Å². The first-order chi connectivity index (χ1) is 11.2. The number of aromatic nitrogens is 1. The molecule has 0 aliphatic heterocycles. The Morgan fingerprint density at radius 3 is 2.17 bits per heavy atom. The Bertz CT molecular complexity index is 752. The fraction of sp³-hybridized carbons (Fsp3) is 0.368. The van der Waals surface area contributed by atoms with E-state index in [0.717, 1.165) is 11.1 Å². The molecule has 2 rings (SSSR count). The zero-order valence-corrected chi connectivity index (χ0v) is 14.8. The topological polar surface area (TPSA) is 62.5 Å². The average Bonchev–Trinajstić information content (AvgIpc) is 2.88. The molecular weight excluding hydrogens is 304 g/mol. The Balaban J connectivity index is 2.53. The first-order valence-corrected chi connectivity index (χ1v) is 8.05. The highest BCUT2D eigenvalue weighted by atomic mass is 16.4. The summed E-state index contributed by atoms with van der Waals surface area (Å²) >= 11 is 0. The summed E-state index contributed by atoms with van der Waals surface area (Å²) in [5, 5.41) is 9.24. The third-order valence-electron chi connectivity index (χ3n) is 4.04. The van der Waals surface area contributed by atoms with Gasteiger partial charge in [-0.15, -0.1) is 0 Å². The smallest absolute Gasteiger partial charge is 0.352 e. The minimum absolute atomic E-state index is 0.0451. The minimum Gasteiger partial charge on any atom is -0.477 e. The second-order valence-electron chi connectivity index (χ2n) is 6.48. The van der Waals surface area contributed by atoms with Gasteiger partial charge in [0.05, 0.1) is 0 Å². The lowest BCUT2D eigenvalue weighted by atomic mass is 10.00. The fourth-order valence-corrected chi connectivity index (χ4v) is 3.05. The quantitative estimate of drug-likeness (QED) is 0.911. The first kappa shape index (κ1) is 17.8. The highest BCUT2D eigenvalue weighted by molar-refractivity contribution is 6.01. The molecule has 5 nitrogen and oxygen atoms in total. The van der Waals surface area contributed by atoms with Crippen LogP contribution in [0.1, 0.15) is 48.5 Å². The molecule has 0 saturated carbocycles. The van der Waals surface area contributed by atoms with E-state index in [9.17, 15) is 14.7 Å². The van der Waals surface area contributed by atoms with Gasteiger partial charge in [-0.1, -0.05) is 18.2 Å². The molecule has 128 valence electrons. The van der Waals surface area contributed by atoms with Crippen molar-refractivity contribution in [2.24, 2.45) is 7.05 Å². The summed E-state index contributed by atoms with van der Waals surface area (Å²) in [6.07, 6.45) is 1.74. The molecule has 24 heavy (non-hydrogen) atoms. The van der Waals surface area contributed by atoms with Crippen molar-refractivity contribution >= 4 is 11.9 Å². The third kappa shape index (κ3) is 3.35. The van der Waals surface area contributed by atoms with E-state index in [2.05, 4.69) is 0 Å². The number of hydrogen-bond acceptors (Lipinski definition) is 2. The number of carboxylic acid groups (broad SMARTS) is 1. The van der Waals surface area contributed by atoms with Gasteiger partial charge < -0.3 is 14.6 Å². The molecule has 1 amide bonds. The zero-order chi connectivity index (χ0) is 18.0. The molecule has 5 heteroatoms. The molecule has 0 bridgehead atoms. The van der Waals surface area contributed by atoms with E-state index < -0.39 is 5.97 Å². The van der Waals surface area contributed by atoms with Crippen LogP contribution in [0.25, 0.3) is 11.1 Å². The van der Waals surface area contributed by atoms with Gasteiger partial charge in [-0.3, -0.25) is 4.79 Å². The number of amides is 1. The predicted molar refractivity (Wildman–Crippen MR) is 94.2 cm³/mol. The number of aryl methyl sites for hydroxylation is 1. The van der Waals surface area contributed by atoms with E-state index in [1.807, 2.05) is 50.8 Å². The number of benzene rings is 1. The predicted octanol–water partition coefficient (Wildman–Crippen LogP) is 3.65. The molecule has 1 aromatic carbocycles. The fourth-order valence-electron chi connectivity index (χ4n) is 3.05. The number of hydrogen-bond donors (Lipinski definition) is 1. The normalized spacial score (nSPS) is 11.1. The third-order valence-corrected chi connectivity index (χ3v) is 4.04. The Hall–Kier alpha value is -2.56. The highest BCUT2D eigenvalue weighted by Gasteiger charge is 2.24. The van der Waals surface area contributed by atoms with Crippen LogP contribution < -0.4 is 0 Å². The SMILES string of the molecule is CC(C)N(C(=O)c1ccccc1-c1cc(C(=O)O)n(C)c1)C(C)C. The van der Waals surface area contributed by atoms with Crippen LogP contribution in [0.5, 0.6) is 0 Å². The summed E-state index contributed by atoms with van der Waals surface area (Å²) in [6.45, 7) is 7.97. The average molecular weight is 328 g/mol. The largest absolute Gasteiger partial charge is 0.477 e. The maximum absolute atomic E-state index is 13.1. The lowest BCUT2D eigenvalue weighted by Gasteiger charge is -2.31. The van der Waals surface area contributed by atoms with Gasteiger partial charge in [0.1, 0.15) is 5.69 Å². The van der Waals surface area contributed by atoms with Gasteiger partial charge in [-0.05, 0) is 45.4 Å². The summed E-state index contributed by atoms with van der Waals surface area (Å²) in [5.74, 6) is -1.03. The molecule has 2 aromatic rings. The van der Waals surface area contributed by atoms with Gasteiger partial charge in [0.2, 0.25) is 0 Å². The number of carbonyl (C=O) groups is 2. The maximum Gasteiger partial charge on any atom is 0.352 e. The van der Waals surface area contributed by atoms with Crippen LogP contribution in [0.15, 0.2) is 36.5 Å². The molecular formula is C19H24N2O3. The number of nitrogens with zero attached hydrogens (tertiary/aromatic N) is 2. The van der Waals surface area contributed by atoms with Crippen molar-refractivity contribution in [3.8, 4) is 11.1 Å². The van der Waals surface area contributed by atoms with Gasteiger partial charge in [0, 0.05) is 36.5 Å². The van der Waals surface area contributed by atoms with Crippen molar-refractivity contribution < 1.29 is 14.7 Å². The van der Waals surface area contributed by atoms with Crippen LogP contribution in [0, 0.1) is 0 Å². The molecule has 0 aliphatic rings. The number of carboxylic acids is 1. The summed E-state index contributed by atoms with van der Waals surface area (Å²) in [5.41, 5.74) is 2.25. The van der Waals surface area contributed by atoms with Crippen molar-refractivity contribution in [2.45, 2.75) is 39.8 Å². The summed E-state index contributed by atoms with van der Waals surface area (Å²) in [4.78, 5) is 26.2. The van der Waals surface area contributed by atoms with Gasteiger partial charge in [-0.25, -0.2) is 4.79 Å². The second kappa shape index (κ2) is 6.91. The van der Waals surface area contributed by atoms with Gasteiger partial charge in [-0.2, -0.15) is 0 Å². The summed E-state index contributed by atoms with van der Waals surface area (Å²) < 4.78 is 1.56. The van der Waals surface area contributed by atoms with Gasteiger partial charge in [0.15, 0.2) is 0 Å².